The summed E-state index contributed by atoms with van der Waals surface area (Å²) in [6.07, 6.45) is 5.73. The molecule has 3 heteroatoms. The first kappa shape index (κ1) is 9.64. The second-order valence-corrected chi connectivity index (χ2v) is 5.84. The van der Waals surface area contributed by atoms with Crippen molar-refractivity contribution >= 4 is 5.97 Å². The lowest BCUT2D eigenvalue weighted by Gasteiger charge is -2.55. The number of aliphatic carboxylic acids is 1. The van der Waals surface area contributed by atoms with E-state index in [-0.39, 0.29) is 11.8 Å². The highest BCUT2D eigenvalue weighted by molar-refractivity contribution is 5.71. The van der Waals surface area contributed by atoms with E-state index in [0.717, 1.165) is 38.5 Å². The van der Waals surface area contributed by atoms with Gasteiger partial charge in [0, 0.05) is 5.92 Å². The van der Waals surface area contributed by atoms with Gasteiger partial charge in [-0.1, -0.05) is 0 Å². The average molecular weight is 210 g/mol. The van der Waals surface area contributed by atoms with Gasteiger partial charge in [-0.15, -0.1) is 0 Å². The molecule has 0 aromatic heterocycles. The first-order valence-corrected chi connectivity index (χ1v) is 6.04. The molecule has 15 heavy (non-hydrogen) atoms. The summed E-state index contributed by atoms with van der Waals surface area (Å²) in [7, 11) is 0. The SMILES string of the molecule is O=C(O)C1CC2CC3CCC1C(O)(C3)C2. The molecule has 5 unspecified atom stereocenters. The lowest BCUT2D eigenvalue weighted by Crippen LogP contribution is -2.56. The third-order valence-electron chi connectivity index (χ3n) is 4.92. The van der Waals surface area contributed by atoms with Crippen molar-refractivity contribution in [3.05, 3.63) is 0 Å². The van der Waals surface area contributed by atoms with E-state index in [2.05, 4.69) is 0 Å². The molecule has 0 radical (unpaired) electrons. The Balaban J connectivity index is 1.95. The maximum absolute atomic E-state index is 11.2. The standard InChI is InChI=1S/C12H18O3/c13-11(14)9-4-8-3-7-1-2-10(9)12(15,5-7)6-8/h7-10,15H,1-6H2,(H,13,14). The second-order valence-electron chi connectivity index (χ2n) is 5.84. The first-order chi connectivity index (χ1) is 7.08. The quantitative estimate of drug-likeness (QED) is 0.692. The number of rotatable bonds is 1. The van der Waals surface area contributed by atoms with Crippen molar-refractivity contribution in [1.82, 2.24) is 0 Å². The van der Waals surface area contributed by atoms with Crippen molar-refractivity contribution in [1.29, 1.82) is 0 Å². The van der Waals surface area contributed by atoms with Crippen LogP contribution in [0.4, 0.5) is 0 Å². The maximum Gasteiger partial charge on any atom is 0.306 e. The van der Waals surface area contributed by atoms with Crippen molar-refractivity contribution < 1.29 is 15.0 Å². The molecule has 0 saturated heterocycles. The number of hydrogen-bond donors (Lipinski definition) is 2. The molecule has 3 nitrogen and oxygen atoms in total. The van der Waals surface area contributed by atoms with E-state index in [0.29, 0.717) is 11.8 Å². The molecule has 3 aliphatic rings. The molecule has 5 atom stereocenters. The highest BCUT2D eigenvalue weighted by atomic mass is 16.4. The van der Waals surface area contributed by atoms with Crippen molar-refractivity contribution in [2.24, 2.45) is 23.7 Å². The third kappa shape index (κ3) is 1.32. The molecule has 0 heterocycles. The van der Waals surface area contributed by atoms with Crippen molar-refractivity contribution in [3.63, 3.8) is 0 Å². The van der Waals surface area contributed by atoms with E-state index < -0.39 is 11.6 Å². The fraction of sp³-hybridized carbons (Fsp3) is 0.917. The Hall–Kier alpha value is -0.570. The Kier molecular flexibility index (Phi) is 1.91. The van der Waals surface area contributed by atoms with Crippen molar-refractivity contribution in [2.45, 2.75) is 44.1 Å². The normalized spacial score (nSPS) is 52.9. The number of fused-ring (bicyclic) bond motifs is 2. The van der Waals surface area contributed by atoms with Crippen LogP contribution in [-0.2, 0) is 4.79 Å². The van der Waals surface area contributed by atoms with Crippen LogP contribution >= 0.6 is 0 Å². The Bertz CT molecular complexity index is 297. The topological polar surface area (TPSA) is 57.5 Å². The van der Waals surface area contributed by atoms with E-state index in [1.807, 2.05) is 0 Å². The largest absolute Gasteiger partial charge is 0.481 e. The zero-order valence-corrected chi connectivity index (χ0v) is 8.85. The lowest BCUT2D eigenvalue weighted by atomic mass is 9.52. The van der Waals surface area contributed by atoms with Crippen LogP contribution in [0, 0.1) is 23.7 Å². The van der Waals surface area contributed by atoms with Gasteiger partial charge < -0.3 is 10.2 Å². The zero-order chi connectivity index (χ0) is 10.6. The van der Waals surface area contributed by atoms with Gasteiger partial charge in [-0.25, -0.2) is 0 Å². The lowest BCUT2D eigenvalue weighted by molar-refractivity contribution is -0.179. The van der Waals surface area contributed by atoms with Gasteiger partial charge in [0.15, 0.2) is 0 Å². The van der Waals surface area contributed by atoms with Crippen LogP contribution in [0.5, 0.6) is 0 Å². The van der Waals surface area contributed by atoms with E-state index in [9.17, 15) is 15.0 Å². The molecule has 0 amide bonds. The highest BCUT2D eigenvalue weighted by Gasteiger charge is 2.55. The molecule has 0 aliphatic heterocycles. The molecule has 3 bridgehead atoms. The van der Waals surface area contributed by atoms with Crippen LogP contribution in [-0.4, -0.2) is 21.8 Å². The molecule has 2 N–H and O–H groups in total. The summed E-state index contributed by atoms with van der Waals surface area (Å²) in [6, 6.07) is 0. The maximum atomic E-state index is 11.2. The minimum Gasteiger partial charge on any atom is -0.481 e. The summed E-state index contributed by atoms with van der Waals surface area (Å²) in [4.78, 5) is 11.2. The molecular weight excluding hydrogens is 192 g/mol. The van der Waals surface area contributed by atoms with Gasteiger partial charge in [0.1, 0.15) is 0 Å². The van der Waals surface area contributed by atoms with E-state index in [4.69, 9.17) is 0 Å². The first-order valence-electron chi connectivity index (χ1n) is 6.04. The third-order valence-corrected chi connectivity index (χ3v) is 4.92. The van der Waals surface area contributed by atoms with Crippen molar-refractivity contribution in [3.8, 4) is 0 Å². The van der Waals surface area contributed by atoms with Gasteiger partial charge in [0.2, 0.25) is 0 Å². The molecule has 3 aliphatic carbocycles. The molecular formula is C12H18O3. The summed E-state index contributed by atoms with van der Waals surface area (Å²) in [5.41, 5.74) is -0.632. The predicted molar refractivity (Wildman–Crippen MR) is 54.2 cm³/mol. The van der Waals surface area contributed by atoms with Crippen LogP contribution in [0.25, 0.3) is 0 Å². The number of carboxylic acid groups (broad SMARTS) is 1. The van der Waals surface area contributed by atoms with Crippen LogP contribution in [0.3, 0.4) is 0 Å². The van der Waals surface area contributed by atoms with Gasteiger partial charge >= 0.3 is 5.97 Å². The molecule has 0 aromatic rings. The van der Waals surface area contributed by atoms with Crippen LogP contribution in [0.15, 0.2) is 0 Å². The summed E-state index contributed by atoms with van der Waals surface area (Å²) < 4.78 is 0. The van der Waals surface area contributed by atoms with Gasteiger partial charge in [0.05, 0.1) is 11.5 Å². The molecule has 0 aromatic carbocycles. The van der Waals surface area contributed by atoms with Crippen LogP contribution in [0.2, 0.25) is 0 Å². The minimum atomic E-state index is -0.691. The van der Waals surface area contributed by atoms with Gasteiger partial charge in [-0.05, 0) is 50.4 Å². The zero-order valence-electron chi connectivity index (χ0n) is 8.85. The Morgan fingerprint density at radius 1 is 1.13 bits per heavy atom. The molecule has 3 rings (SSSR count). The fourth-order valence-corrected chi connectivity index (χ4v) is 4.48. The van der Waals surface area contributed by atoms with E-state index in [1.54, 1.807) is 0 Å². The summed E-state index contributed by atoms with van der Waals surface area (Å²) in [5.74, 6) is 0.187. The predicted octanol–water partition coefficient (Wildman–Crippen LogP) is 1.65. The minimum absolute atomic E-state index is 0.0304. The summed E-state index contributed by atoms with van der Waals surface area (Å²) in [5, 5.41) is 19.8. The van der Waals surface area contributed by atoms with Crippen LogP contribution < -0.4 is 0 Å². The van der Waals surface area contributed by atoms with E-state index in [1.165, 1.54) is 0 Å². The Morgan fingerprint density at radius 3 is 2.60 bits per heavy atom. The summed E-state index contributed by atoms with van der Waals surface area (Å²) in [6.45, 7) is 0. The van der Waals surface area contributed by atoms with Crippen LogP contribution in [0.1, 0.15) is 38.5 Å². The molecule has 3 fully saturated rings. The highest BCUT2D eigenvalue weighted by Crippen LogP contribution is 2.56. The van der Waals surface area contributed by atoms with Gasteiger partial charge in [-0.3, -0.25) is 4.79 Å². The number of hydrogen-bond acceptors (Lipinski definition) is 2. The number of carbonyl (C=O) groups is 1. The Morgan fingerprint density at radius 2 is 1.87 bits per heavy atom. The molecule has 3 saturated carbocycles. The number of carboxylic acids is 1. The van der Waals surface area contributed by atoms with Crippen molar-refractivity contribution in [2.75, 3.05) is 0 Å². The molecule has 0 spiro atoms. The summed E-state index contributed by atoms with van der Waals surface area (Å²) >= 11 is 0. The number of aliphatic hydroxyl groups is 1. The smallest absolute Gasteiger partial charge is 0.306 e. The van der Waals surface area contributed by atoms with E-state index >= 15 is 0 Å². The average Bonchev–Trinajstić information content (AvgIpc) is 2.11. The molecule has 84 valence electrons. The van der Waals surface area contributed by atoms with Gasteiger partial charge in [-0.2, -0.15) is 0 Å². The fourth-order valence-electron chi connectivity index (χ4n) is 4.48. The monoisotopic (exact) mass is 210 g/mol. The Labute approximate surface area is 89.5 Å². The second kappa shape index (κ2) is 2.97. The van der Waals surface area contributed by atoms with Gasteiger partial charge in [0.25, 0.3) is 0 Å².